The van der Waals surface area contributed by atoms with Crippen LogP contribution >= 0.6 is 11.8 Å². The molecule has 0 aliphatic carbocycles. The van der Waals surface area contributed by atoms with E-state index < -0.39 is 6.04 Å². The van der Waals surface area contributed by atoms with Gasteiger partial charge in [0.05, 0.1) is 13.5 Å². The summed E-state index contributed by atoms with van der Waals surface area (Å²) in [5.74, 6) is 1.08. The number of benzene rings is 2. The van der Waals surface area contributed by atoms with Crippen LogP contribution in [0.25, 0.3) is 0 Å². The Labute approximate surface area is 171 Å². The molecule has 1 aliphatic rings. The summed E-state index contributed by atoms with van der Waals surface area (Å²) in [6, 6.07) is 16.2. The summed E-state index contributed by atoms with van der Waals surface area (Å²) in [5.41, 5.74) is 1.75. The molecule has 2 N–H and O–H groups in total. The minimum atomic E-state index is -0.764. The molecule has 29 heavy (non-hydrogen) atoms. The summed E-state index contributed by atoms with van der Waals surface area (Å²) in [5, 5.41) is 10.5. The number of hydrogen-bond donors (Lipinski definition) is 2. The van der Waals surface area contributed by atoms with Crippen molar-refractivity contribution in [3.8, 4) is 5.75 Å². The molecule has 1 unspecified atom stereocenters. The summed E-state index contributed by atoms with van der Waals surface area (Å²) < 4.78 is 6.60. The fourth-order valence-electron chi connectivity index (χ4n) is 2.93. The molecule has 0 saturated carbocycles. The molecule has 9 heteroatoms. The second-order valence-electron chi connectivity index (χ2n) is 6.42. The fraction of sp³-hybridized carbons (Fsp3) is 0.200. The lowest BCUT2D eigenvalue weighted by Gasteiger charge is -2.22. The van der Waals surface area contributed by atoms with Gasteiger partial charge in [-0.1, -0.05) is 42.1 Å². The Balaban J connectivity index is 1.49. The highest BCUT2D eigenvalue weighted by Gasteiger charge is 2.33. The Morgan fingerprint density at radius 2 is 2.00 bits per heavy atom. The number of nitrogens with one attached hydrogen (secondary N) is 2. The van der Waals surface area contributed by atoms with Crippen molar-refractivity contribution in [2.75, 3.05) is 17.7 Å². The number of anilines is 2. The molecule has 0 spiro atoms. The molecular weight excluding hydrogens is 390 g/mol. The standard InChI is InChI=1S/C20H19N5O3S/c1-28-15-9-7-14(8-10-15)21-18(27)16-11-17(26)22-19-23-20(24-25(16)19)29-12-13-5-3-2-4-6-13/h2-10,16H,11-12H2,1H3,(H,21,27)(H,22,23,24,26). The van der Waals surface area contributed by atoms with Crippen molar-refractivity contribution in [3.05, 3.63) is 60.2 Å². The quantitative estimate of drug-likeness (QED) is 0.607. The van der Waals surface area contributed by atoms with E-state index in [-0.39, 0.29) is 24.2 Å². The van der Waals surface area contributed by atoms with Gasteiger partial charge in [0.2, 0.25) is 22.9 Å². The third kappa shape index (κ3) is 4.40. The molecule has 1 aliphatic heterocycles. The highest BCUT2D eigenvalue weighted by Crippen LogP contribution is 2.28. The van der Waals surface area contributed by atoms with Crippen molar-refractivity contribution in [1.29, 1.82) is 0 Å². The van der Waals surface area contributed by atoms with Gasteiger partial charge in [0.25, 0.3) is 0 Å². The van der Waals surface area contributed by atoms with Crippen LogP contribution in [0.1, 0.15) is 18.0 Å². The maximum absolute atomic E-state index is 12.8. The number of aromatic nitrogens is 3. The zero-order chi connectivity index (χ0) is 20.2. The van der Waals surface area contributed by atoms with E-state index in [1.54, 1.807) is 31.4 Å². The first-order chi connectivity index (χ1) is 14.1. The molecule has 2 aromatic carbocycles. The predicted octanol–water partition coefficient (Wildman–Crippen LogP) is 3.10. The Hall–Kier alpha value is -3.33. The second-order valence-corrected chi connectivity index (χ2v) is 7.37. The molecule has 4 rings (SSSR count). The first-order valence-electron chi connectivity index (χ1n) is 9.00. The van der Waals surface area contributed by atoms with Crippen LogP contribution in [0.5, 0.6) is 5.75 Å². The summed E-state index contributed by atoms with van der Waals surface area (Å²) in [4.78, 5) is 29.2. The average Bonchev–Trinajstić information content (AvgIpc) is 3.15. The van der Waals surface area contributed by atoms with Crippen LogP contribution in [0.3, 0.4) is 0 Å². The minimum Gasteiger partial charge on any atom is -0.497 e. The van der Waals surface area contributed by atoms with Crippen LogP contribution in [-0.4, -0.2) is 33.7 Å². The lowest BCUT2D eigenvalue weighted by atomic mass is 10.1. The summed E-state index contributed by atoms with van der Waals surface area (Å²) in [7, 11) is 1.58. The first kappa shape index (κ1) is 19.0. The summed E-state index contributed by atoms with van der Waals surface area (Å²) >= 11 is 1.45. The number of carbonyl (C=O) groups excluding carboxylic acids is 2. The average molecular weight is 409 g/mol. The molecule has 3 aromatic rings. The van der Waals surface area contributed by atoms with Gasteiger partial charge in [-0.05, 0) is 29.8 Å². The first-order valence-corrected chi connectivity index (χ1v) is 9.99. The third-order valence-corrected chi connectivity index (χ3v) is 5.32. The highest BCUT2D eigenvalue weighted by molar-refractivity contribution is 7.98. The van der Waals surface area contributed by atoms with Crippen LogP contribution in [0.2, 0.25) is 0 Å². The Morgan fingerprint density at radius 3 is 2.72 bits per heavy atom. The maximum atomic E-state index is 12.8. The van der Waals surface area contributed by atoms with Gasteiger partial charge < -0.3 is 10.1 Å². The number of thioether (sulfide) groups is 1. The van der Waals surface area contributed by atoms with Crippen molar-refractivity contribution in [3.63, 3.8) is 0 Å². The number of methoxy groups -OCH3 is 1. The molecule has 2 heterocycles. The zero-order valence-corrected chi connectivity index (χ0v) is 16.5. The molecule has 0 fully saturated rings. The van der Waals surface area contributed by atoms with Gasteiger partial charge in [0.1, 0.15) is 11.8 Å². The van der Waals surface area contributed by atoms with Gasteiger partial charge in [-0.25, -0.2) is 4.68 Å². The van der Waals surface area contributed by atoms with Gasteiger partial charge in [0, 0.05) is 11.4 Å². The summed E-state index contributed by atoms with van der Waals surface area (Å²) in [6.45, 7) is 0. The molecule has 0 radical (unpaired) electrons. The van der Waals surface area contributed by atoms with Crippen LogP contribution in [0.4, 0.5) is 11.6 Å². The van der Waals surface area contributed by atoms with Crippen molar-refractivity contribution in [1.82, 2.24) is 14.8 Å². The van der Waals surface area contributed by atoms with Gasteiger partial charge in [0.15, 0.2) is 0 Å². The number of nitrogens with zero attached hydrogens (tertiary/aromatic N) is 3. The fourth-order valence-corrected chi connectivity index (χ4v) is 3.72. The Morgan fingerprint density at radius 1 is 1.24 bits per heavy atom. The van der Waals surface area contributed by atoms with Crippen molar-refractivity contribution < 1.29 is 14.3 Å². The number of carbonyl (C=O) groups is 2. The SMILES string of the molecule is COc1ccc(NC(=O)C2CC(=O)Nc3nc(SCc4ccccc4)nn32)cc1. The molecule has 1 atom stereocenters. The second kappa shape index (κ2) is 8.36. The van der Waals surface area contributed by atoms with Crippen molar-refractivity contribution in [2.24, 2.45) is 0 Å². The van der Waals surface area contributed by atoms with E-state index in [1.165, 1.54) is 16.4 Å². The van der Waals surface area contributed by atoms with E-state index in [0.29, 0.717) is 22.3 Å². The maximum Gasteiger partial charge on any atom is 0.249 e. The van der Waals surface area contributed by atoms with E-state index in [4.69, 9.17) is 4.74 Å². The number of rotatable bonds is 6. The van der Waals surface area contributed by atoms with E-state index in [1.807, 2.05) is 30.3 Å². The zero-order valence-electron chi connectivity index (χ0n) is 15.7. The Kier molecular flexibility index (Phi) is 5.48. The largest absolute Gasteiger partial charge is 0.497 e. The molecular formula is C20H19N5O3S. The predicted molar refractivity (Wildman–Crippen MR) is 110 cm³/mol. The molecule has 2 amide bonds. The smallest absolute Gasteiger partial charge is 0.249 e. The number of hydrogen-bond acceptors (Lipinski definition) is 6. The van der Waals surface area contributed by atoms with E-state index in [2.05, 4.69) is 20.7 Å². The monoisotopic (exact) mass is 409 g/mol. The van der Waals surface area contributed by atoms with E-state index in [0.717, 1.165) is 5.56 Å². The van der Waals surface area contributed by atoms with Crippen molar-refractivity contribution in [2.45, 2.75) is 23.4 Å². The number of fused-ring (bicyclic) bond motifs is 1. The normalized spacial score (nSPS) is 15.3. The lowest BCUT2D eigenvalue weighted by molar-refractivity contribution is -0.125. The number of amides is 2. The van der Waals surface area contributed by atoms with E-state index >= 15 is 0 Å². The number of ether oxygens (including phenoxy) is 1. The lowest BCUT2D eigenvalue weighted by Crippen LogP contribution is -2.36. The molecule has 0 bridgehead atoms. The third-order valence-electron chi connectivity index (χ3n) is 4.41. The van der Waals surface area contributed by atoms with Crippen LogP contribution in [0, 0.1) is 0 Å². The molecule has 148 valence electrons. The molecule has 1 aromatic heterocycles. The van der Waals surface area contributed by atoms with Crippen molar-refractivity contribution >= 4 is 35.2 Å². The van der Waals surface area contributed by atoms with Crippen LogP contribution in [0.15, 0.2) is 59.8 Å². The highest BCUT2D eigenvalue weighted by atomic mass is 32.2. The molecule has 0 saturated heterocycles. The minimum absolute atomic E-state index is 0.00113. The van der Waals surface area contributed by atoms with Gasteiger partial charge in [-0.2, -0.15) is 4.98 Å². The van der Waals surface area contributed by atoms with Gasteiger partial charge in [-0.15, -0.1) is 5.10 Å². The topological polar surface area (TPSA) is 98.1 Å². The van der Waals surface area contributed by atoms with Gasteiger partial charge >= 0.3 is 0 Å². The molecule has 8 nitrogen and oxygen atoms in total. The van der Waals surface area contributed by atoms with E-state index in [9.17, 15) is 9.59 Å². The summed E-state index contributed by atoms with van der Waals surface area (Å²) in [6.07, 6.45) is 0.00113. The van der Waals surface area contributed by atoms with Gasteiger partial charge in [-0.3, -0.25) is 14.9 Å². The Bertz CT molecular complexity index is 1020. The van der Waals surface area contributed by atoms with Crippen LogP contribution < -0.4 is 15.4 Å². The van der Waals surface area contributed by atoms with Crippen LogP contribution in [-0.2, 0) is 15.3 Å².